The van der Waals surface area contributed by atoms with E-state index in [0.29, 0.717) is 22.2 Å². The van der Waals surface area contributed by atoms with E-state index in [4.69, 9.17) is 0 Å². The van der Waals surface area contributed by atoms with Gasteiger partial charge in [0.2, 0.25) is 0 Å². The summed E-state index contributed by atoms with van der Waals surface area (Å²) >= 11 is 0. The summed E-state index contributed by atoms with van der Waals surface area (Å²) in [6.07, 6.45) is -4.52. The van der Waals surface area contributed by atoms with Gasteiger partial charge in [-0.1, -0.05) is 42.5 Å². The first kappa shape index (κ1) is 24.9. The van der Waals surface area contributed by atoms with Gasteiger partial charge in [0.1, 0.15) is 0 Å². The van der Waals surface area contributed by atoms with E-state index in [9.17, 15) is 26.7 Å². The topological polar surface area (TPSA) is 67.3 Å². The summed E-state index contributed by atoms with van der Waals surface area (Å²) in [4.78, 5) is 4.43. The van der Waals surface area contributed by atoms with Gasteiger partial charge in [0.15, 0.2) is 15.9 Å². The molecule has 0 saturated heterocycles. The second-order valence-corrected chi connectivity index (χ2v) is 11.6. The van der Waals surface area contributed by atoms with Crippen molar-refractivity contribution < 1.29 is 26.7 Å². The van der Waals surface area contributed by atoms with Crippen LogP contribution in [0.25, 0.3) is 33.2 Å². The average molecular weight is 500 g/mol. The van der Waals surface area contributed by atoms with Crippen LogP contribution in [0.4, 0.5) is 13.2 Å². The first-order valence-electron chi connectivity index (χ1n) is 10.8. The molecule has 0 amide bonds. The number of aromatic nitrogens is 1. The van der Waals surface area contributed by atoms with Crippen LogP contribution in [0.5, 0.6) is 0 Å². The molecule has 4 rings (SSSR count). The molecule has 4 aromatic rings. The Kier molecular flexibility index (Phi) is 6.23. The Morgan fingerprint density at radius 3 is 2.06 bits per heavy atom. The Hall–Kier alpha value is -3.23. The van der Waals surface area contributed by atoms with Gasteiger partial charge in [0.25, 0.3) is 0 Å². The minimum Gasteiger partial charge on any atom is -0.379 e. The normalized spacial score (nSPS) is 13.7. The number of pyridine rings is 1. The van der Waals surface area contributed by atoms with Crippen molar-refractivity contribution in [1.29, 1.82) is 0 Å². The lowest BCUT2D eigenvalue weighted by molar-refractivity contribution is -0.206. The number of fused-ring (bicyclic) bond motifs is 1. The van der Waals surface area contributed by atoms with Crippen LogP contribution >= 0.6 is 0 Å². The molecule has 1 unspecified atom stereocenters. The van der Waals surface area contributed by atoms with Crippen molar-refractivity contribution in [2.75, 3.05) is 6.26 Å². The van der Waals surface area contributed by atoms with Gasteiger partial charge in [-0.25, -0.2) is 8.42 Å². The lowest BCUT2D eigenvalue weighted by Gasteiger charge is -2.25. The predicted octanol–water partition coefficient (Wildman–Crippen LogP) is 6.44. The third-order valence-corrected chi connectivity index (χ3v) is 8.40. The Bertz CT molecular complexity index is 1510. The smallest absolute Gasteiger partial charge is 0.379 e. The van der Waals surface area contributed by atoms with E-state index in [1.54, 1.807) is 50.4 Å². The third kappa shape index (κ3) is 4.81. The fourth-order valence-corrected chi connectivity index (χ4v) is 4.53. The summed E-state index contributed by atoms with van der Waals surface area (Å²) in [5.74, 6) is 0. The molecule has 1 aromatic heterocycles. The average Bonchev–Trinajstić information content (AvgIpc) is 2.81. The molecule has 3 aromatic carbocycles. The summed E-state index contributed by atoms with van der Waals surface area (Å²) in [7, 11) is -3.48. The highest BCUT2D eigenvalue weighted by Gasteiger charge is 2.39. The molecule has 1 heterocycles. The summed E-state index contributed by atoms with van der Waals surface area (Å²) < 4.78 is 63.0. The van der Waals surface area contributed by atoms with Gasteiger partial charge in [-0.2, -0.15) is 13.2 Å². The van der Waals surface area contributed by atoms with Crippen molar-refractivity contribution in [2.24, 2.45) is 0 Å². The van der Waals surface area contributed by atoms with Gasteiger partial charge in [-0.15, -0.1) is 0 Å². The zero-order valence-corrected chi connectivity index (χ0v) is 20.2. The molecule has 4 nitrogen and oxygen atoms in total. The standard InChI is InChI=1S/C27H24F3NO3S/c1-26(2,35(3,33)34)23-16-22(15-20-11-6-12-31-24(20)23)19-9-4-7-17(13-19)18-8-5-10-21(14-18)25(32)27(28,29)30/h4-16,25,32H,1-3H3. The number of aliphatic hydroxyl groups is 1. The van der Waals surface area contributed by atoms with Crippen molar-refractivity contribution in [3.63, 3.8) is 0 Å². The molecule has 0 spiro atoms. The first-order valence-corrected chi connectivity index (χ1v) is 12.7. The highest BCUT2D eigenvalue weighted by molar-refractivity contribution is 7.91. The number of hydrogen-bond donors (Lipinski definition) is 1. The molecular weight excluding hydrogens is 475 g/mol. The molecule has 0 aliphatic rings. The van der Waals surface area contributed by atoms with Gasteiger partial charge >= 0.3 is 6.18 Å². The van der Waals surface area contributed by atoms with Crippen molar-refractivity contribution >= 4 is 20.7 Å². The monoisotopic (exact) mass is 499 g/mol. The SMILES string of the molecule is CC(C)(c1cc(-c2cccc(-c3cccc(C(O)C(F)(F)F)c3)c2)cc2cccnc12)S(C)(=O)=O. The molecular formula is C27H24F3NO3S. The summed E-state index contributed by atoms with van der Waals surface area (Å²) in [6.45, 7) is 3.28. The van der Waals surface area contributed by atoms with Crippen molar-refractivity contribution in [2.45, 2.75) is 30.9 Å². The van der Waals surface area contributed by atoms with Crippen LogP contribution < -0.4 is 0 Å². The molecule has 0 saturated carbocycles. The van der Waals surface area contributed by atoms with Crippen LogP contribution in [-0.4, -0.2) is 30.9 Å². The molecule has 1 atom stereocenters. The van der Waals surface area contributed by atoms with Gasteiger partial charge < -0.3 is 5.11 Å². The van der Waals surface area contributed by atoms with Gasteiger partial charge in [-0.05, 0) is 77.6 Å². The summed E-state index contributed by atoms with van der Waals surface area (Å²) in [5.41, 5.74) is 3.62. The number of halogens is 3. The third-order valence-electron chi connectivity index (χ3n) is 6.32. The second kappa shape index (κ2) is 8.77. The maximum absolute atomic E-state index is 13.0. The predicted molar refractivity (Wildman–Crippen MR) is 131 cm³/mol. The van der Waals surface area contributed by atoms with Gasteiger partial charge in [-0.3, -0.25) is 4.98 Å². The Labute approximate surface area is 202 Å². The summed E-state index contributed by atoms with van der Waals surface area (Å²) in [5, 5.41) is 10.4. The molecule has 0 bridgehead atoms. The Morgan fingerprint density at radius 2 is 1.43 bits per heavy atom. The van der Waals surface area contributed by atoms with Gasteiger partial charge in [0.05, 0.1) is 10.3 Å². The van der Waals surface area contributed by atoms with Crippen LogP contribution in [-0.2, 0) is 14.6 Å². The van der Waals surface area contributed by atoms with Crippen LogP contribution in [0.2, 0.25) is 0 Å². The highest BCUT2D eigenvalue weighted by Crippen LogP contribution is 2.38. The first-order chi connectivity index (χ1) is 16.3. The zero-order valence-electron chi connectivity index (χ0n) is 19.3. The number of rotatable bonds is 5. The van der Waals surface area contributed by atoms with E-state index >= 15 is 0 Å². The van der Waals surface area contributed by atoms with E-state index in [0.717, 1.165) is 16.5 Å². The van der Waals surface area contributed by atoms with Crippen molar-refractivity contribution in [1.82, 2.24) is 4.98 Å². The molecule has 0 aliphatic heterocycles. The maximum Gasteiger partial charge on any atom is 0.418 e. The van der Waals surface area contributed by atoms with E-state index in [1.165, 1.54) is 24.5 Å². The molecule has 0 fully saturated rings. The number of sulfone groups is 1. The van der Waals surface area contributed by atoms with Crippen molar-refractivity contribution in [3.8, 4) is 22.3 Å². The number of nitrogens with zero attached hydrogens (tertiary/aromatic N) is 1. The van der Waals surface area contributed by atoms with E-state index in [-0.39, 0.29) is 5.56 Å². The lowest BCUT2D eigenvalue weighted by atomic mass is 9.92. The maximum atomic E-state index is 13.0. The fraction of sp³-hybridized carbons (Fsp3) is 0.222. The fourth-order valence-electron chi connectivity index (χ4n) is 3.97. The quantitative estimate of drug-likeness (QED) is 0.343. The van der Waals surface area contributed by atoms with E-state index < -0.39 is 26.9 Å². The van der Waals surface area contributed by atoms with E-state index in [1.807, 2.05) is 24.3 Å². The van der Waals surface area contributed by atoms with Crippen LogP contribution in [0.15, 0.2) is 79.0 Å². The number of hydrogen-bond acceptors (Lipinski definition) is 4. The molecule has 182 valence electrons. The minimum absolute atomic E-state index is 0.241. The molecule has 0 aliphatic carbocycles. The summed E-state index contributed by atoms with van der Waals surface area (Å²) in [6, 6.07) is 20.3. The van der Waals surface area contributed by atoms with Gasteiger partial charge in [0, 0.05) is 17.8 Å². The highest BCUT2D eigenvalue weighted by atomic mass is 32.2. The molecule has 0 radical (unpaired) electrons. The largest absolute Gasteiger partial charge is 0.418 e. The molecule has 35 heavy (non-hydrogen) atoms. The number of aliphatic hydroxyl groups excluding tert-OH is 1. The number of benzene rings is 3. The zero-order chi connectivity index (χ0) is 25.6. The van der Waals surface area contributed by atoms with Crippen molar-refractivity contribution in [3.05, 3.63) is 90.1 Å². The van der Waals surface area contributed by atoms with E-state index in [2.05, 4.69) is 4.98 Å². The Balaban J connectivity index is 1.85. The molecule has 1 N–H and O–H groups in total. The van der Waals surface area contributed by atoms with Crippen LogP contribution in [0, 0.1) is 0 Å². The Morgan fingerprint density at radius 1 is 0.829 bits per heavy atom. The minimum atomic E-state index is -4.76. The van der Waals surface area contributed by atoms with Crippen LogP contribution in [0.1, 0.15) is 31.1 Å². The number of alkyl halides is 3. The lowest BCUT2D eigenvalue weighted by Crippen LogP contribution is -2.28. The second-order valence-electron chi connectivity index (χ2n) is 9.03. The molecule has 8 heteroatoms. The van der Waals surface area contributed by atoms with Crippen LogP contribution in [0.3, 0.4) is 0 Å².